The summed E-state index contributed by atoms with van der Waals surface area (Å²) in [6, 6.07) is 4.25. The van der Waals surface area contributed by atoms with E-state index in [1.165, 1.54) is 17.7 Å². The number of unbranched alkanes of at least 4 members (excludes halogenated alkanes) is 1. The molecule has 0 atom stereocenters. The molecule has 1 aromatic heterocycles. The molecule has 1 rings (SSSR count). The zero-order valence-electron chi connectivity index (χ0n) is 9.50. The van der Waals surface area contributed by atoms with Crippen LogP contribution in [0.5, 0.6) is 0 Å². The highest BCUT2D eigenvalue weighted by Gasteiger charge is 1.92. The quantitative estimate of drug-likeness (QED) is 0.655. The van der Waals surface area contributed by atoms with Crippen LogP contribution >= 0.6 is 11.3 Å². The molecular formula is C12H21NOS. The lowest BCUT2D eigenvalue weighted by atomic mass is 10.3. The van der Waals surface area contributed by atoms with Crippen molar-refractivity contribution in [3.8, 4) is 0 Å². The van der Waals surface area contributed by atoms with Gasteiger partial charge >= 0.3 is 0 Å². The Kier molecular flexibility index (Phi) is 7.52. The van der Waals surface area contributed by atoms with Gasteiger partial charge < -0.3 is 10.1 Å². The largest absolute Gasteiger partial charge is 0.381 e. The standard InChI is InChI=1S/C12H21NOS/c1-2-3-8-14-9-5-7-13-11-12-6-4-10-15-12/h4,6,10,13H,2-3,5,7-9,11H2,1H3. The van der Waals surface area contributed by atoms with Crippen LogP contribution in [-0.4, -0.2) is 19.8 Å². The molecule has 0 aromatic carbocycles. The Balaban J connectivity index is 1.81. The Labute approximate surface area is 96.7 Å². The second-order valence-electron chi connectivity index (χ2n) is 3.58. The minimum absolute atomic E-state index is 0.886. The van der Waals surface area contributed by atoms with Crippen molar-refractivity contribution >= 4 is 11.3 Å². The van der Waals surface area contributed by atoms with Crippen molar-refractivity contribution in [2.45, 2.75) is 32.7 Å². The lowest BCUT2D eigenvalue weighted by Crippen LogP contribution is -2.15. The van der Waals surface area contributed by atoms with Gasteiger partial charge in [0.25, 0.3) is 0 Å². The second-order valence-corrected chi connectivity index (χ2v) is 4.61. The van der Waals surface area contributed by atoms with Crippen molar-refractivity contribution in [3.63, 3.8) is 0 Å². The molecule has 0 amide bonds. The van der Waals surface area contributed by atoms with E-state index >= 15 is 0 Å². The highest BCUT2D eigenvalue weighted by atomic mass is 32.1. The van der Waals surface area contributed by atoms with E-state index in [9.17, 15) is 0 Å². The fraction of sp³-hybridized carbons (Fsp3) is 0.667. The normalized spacial score (nSPS) is 10.7. The van der Waals surface area contributed by atoms with E-state index in [1.54, 1.807) is 11.3 Å². The Morgan fingerprint density at radius 3 is 2.93 bits per heavy atom. The molecule has 0 spiro atoms. The summed E-state index contributed by atoms with van der Waals surface area (Å²) in [6.07, 6.45) is 3.51. The molecule has 0 unspecified atom stereocenters. The topological polar surface area (TPSA) is 21.3 Å². The Morgan fingerprint density at radius 2 is 2.20 bits per heavy atom. The van der Waals surface area contributed by atoms with Crippen LogP contribution in [0.1, 0.15) is 31.1 Å². The smallest absolute Gasteiger partial charge is 0.0478 e. The predicted octanol–water partition coefficient (Wildman–Crippen LogP) is 3.04. The molecule has 1 heterocycles. The minimum Gasteiger partial charge on any atom is -0.381 e. The molecule has 2 nitrogen and oxygen atoms in total. The molecule has 0 saturated heterocycles. The van der Waals surface area contributed by atoms with Crippen LogP contribution in [0.4, 0.5) is 0 Å². The Morgan fingerprint density at radius 1 is 1.33 bits per heavy atom. The fourth-order valence-corrected chi connectivity index (χ4v) is 1.95. The number of hydrogen-bond donors (Lipinski definition) is 1. The summed E-state index contributed by atoms with van der Waals surface area (Å²) in [5, 5.41) is 5.53. The van der Waals surface area contributed by atoms with Crippen LogP contribution in [0.2, 0.25) is 0 Å². The monoisotopic (exact) mass is 227 g/mol. The van der Waals surface area contributed by atoms with Gasteiger partial charge in [-0.05, 0) is 30.8 Å². The molecule has 0 aliphatic rings. The van der Waals surface area contributed by atoms with Gasteiger partial charge in [0.1, 0.15) is 0 Å². The van der Waals surface area contributed by atoms with Gasteiger partial charge in [-0.2, -0.15) is 0 Å². The molecule has 15 heavy (non-hydrogen) atoms. The zero-order chi connectivity index (χ0) is 10.8. The van der Waals surface area contributed by atoms with Gasteiger partial charge in [-0.25, -0.2) is 0 Å². The van der Waals surface area contributed by atoms with Gasteiger partial charge in [0, 0.05) is 24.6 Å². The van der Waals surface area contributed by atoms with Gasteiger partial charge in [0.2, 0.25) is 0 Å². The van der Waals surface area contributed by atoms with Gasteiger partial charge in [-0.1, -0.05) is 19.4 Å². The average Bonchev–Trinajstić information content (AvgIpc) is 2.75. The Bertz CT molecular complexity index is 224. The molecule has 0 aliphatic heterocycles. The molecule has 86 valence electrons. The molecule has 0 bridgehead atoms. The maximum atomic E-state index is 5.47. The summed E-state index contributed by atoms with van der Waals surface area (Å²) >= 11 is 1.80. The summed E-state index contributed by atoms with van der Waals surface area (Å²) in [7, 11) is 0. The fourth-order valence-electron chi connectivity index (χ4n) is 1.27. The summed E-state index contributed by atoms with van der Waals surface area (Å²) in [5.74, 6) is 0. The second kappa shape index (κ2) is 8.89. The van der Waals surface area contributed by atoms with Crippen molar-refractivity contribution < 1.29 is 4.74 Å². The van der Waals surface area contributed by atoms with E-state index in [4.69, 9.17) is 4.74 Å². The van der Waals surface area contributed by atoms with Crippen LogP contribution in [0, 0.1) is 0 Å². The van der Waals surface area contributed by atoms with Gasteiger partial charge in [-0.3, -0.25) is 0 Å². The first-order chi connectivity index (χ1) is 7.43. The maximum absolute atomic E-state index is 5.47. The first kappa shape index (κ1) is 12.7. The summed E-state index contributed by atoms with van der Waals surface area (Å²) in [6.45, 7) is 6.03. The van der Waals surface area contributed by atoms with E-state index in [0.717, 1.165) is 32.7 Å². The number of ether oxygens (including phenoxy) is 1. The number of thiophene rings is 1. The number of nitrogens with one attached hydrogen (secondary N) is 1. The predicted molar refractivity (Wildman–Crippen MR) is 66.4 cm³/mol. The lowest BCUT2D eigenvalue weighted by Gasteiger charge is -2.04. The summed E-state index contributed by atoms with van der Waals surface area (Å²) in [4.78, 5) is 1.40. The molecule has 0 aliphatic carbocycles. The van der Waals surface area contributed by atoms with Crippen LogP contribution in [0.3, 0.4) is 0 Å². The highest BCUT2D eigenvalue weighted by Crippen LogP contribution is 2.06. The van der Waals surface area contributed by atoms with Crippen molar-refractivity contribution in [2.75, 3.05) is 19.8 Å². The third kappa shape index (κ3) is 6.66. The van der Waals surface area contributed by atoms with Crippen molar-refractivity contribution in [1.29, 1.82) is 0 Å². The van der Waals surface area contributed by atoms with Crippen LogP contribution < -0.4 is 5.32 Å². The lowest BCUT2D eigenvalue weighted by molar-refractivity contribution is 0.129. The van der Waals surface area contributed by atoms with Gasteiger partial charge in [0.15, 0.2) is 0 Å². The third-order valence-corrected chi connectivity index (χ3v) is 3.04. The first-order valence-corrected chi connectivity index (χ1v) is 6.62. The van der Waals surface area contributed by atoms with Crippen molar-refractivity contribution in [3.05, 3.63) is 22.4 Å². The van der Waals surface area contributed by atoms with E-state index in [2.05, 4.69) is 29.8 Å². The van der Waals surface area contributed by atoms with E-state index in [1.807, 2.05) is 0 Å². The first-order valence-electron chi connectivity index (χ1n) is 5.74. The van der Waals surface area contributed by atoms with E-state index in [-0.39, 0.29) is 0 Å². The number of hydrogen-bond acceptors (Lipinski definition) is 3. The Hall–Kier alpha value is -0.380. The van der Waals surface area contributed by atoms with E-state index < -0.39 is 0 Å². The van der Waals surface area contributed by atoms with Crippen molar-refractivity contribution in [1.82, 2.24) is 5.32 Å². The SMILES string of the molecule is CCCCOCCCNCc1cccs1. The molecule has 3 heteroatoms. The number of rotatable bonds is 9. The highest BCUT2D eigenvalue weighted by molar-refractivity contribution is 7.09. The average molecular weight is 227 g/mol. The maximum Gasteiger partial charge on any atom is 0.0478 e. The van der Waals surface area contributed by atoms with Crippen molar-refractivity contribution in [2.24, 2.45) is 0 Å². The molecule has 1 N–H and O–H groups in total. The molecule has 0 fully saturated rings. The van der Waals surface area contributed by atoms with Gasteiger partial charge in [-0.15, -0.1) is 11.3 Å². The van der Waals surface area contributed by atoms with E-state index in [0.29, 0.717) is 0 Å². The molecule has 1 aromatic rings. The molecule has 0 radical (unpaired) electrons. The zero-order valence-corrected chi connectivity index (χ0v) is 10.3. The minimum atomic E-state index is 0.886. The summed E-state index contributed by atoms with van der Waals surface area (Å²) < 4.78 is 5.47. The van der Waals surface area contributed by atoms with Crippen LogP contribution in [-0.2, 0) is 11.3 Å². The third-order valence-electron chi connectivity index (χ3n) is 2.16. The van der Waals surface area contributed by atoms with Crippen LogP contribution in [0.15, 0.2) is 17.5 Å². The van der Waals surface area contributed by atoms with Gasteiger partial charge in [0.05, 0.1) is 0 Å². The van der Waals surface area contributed by atoms with Crippen LogP contribution in [0.25, 0.3) is 0 Å². The summed E-state index contributed by atoms with van der Waals surface area (Å²) in [5.41, 5.74) is 0. The molecule has 0 saturated carbocycles. The molecular weight excluding hydrogens is 206 g/mol.